The first-order valence-corrected chi connectivity index (χ1v) is 9.82. The minimum atomic E-state index is -0.224. The Kier molecular flexibility index (Phi) is 5.38. The lowest BCUT2D eigenvalue weighted by molar-refractivity contribution is 0.0953. The molecule has 2 amide bonds. The highest BCUT2D eigenvalue weighted by Crippen LogP contribution is 2.33. The second-order valence-corrected chi connectivity index (χ2v) is 7.31. The first-order valence-electron chi connectivity index (χ1n) is 9.82. The van der Waals surface area contributed by atoms with Gasteiger partial charge < -0.3 is 10.2 Å². The van der Waals surface area contributed by atoms with E-state index in [1.807, 2.05) is 61.5 Å². The molecular formula is C24H23N3O2. The molecule has 5 nitrogen and oxygen atoms in total. The van der Waals surface area contributed by atoms with E-state index in [4.69, 9.17) is 0 Å². The summed E-state index contributed by atoms with van der Waals surface area (Å²) in [5.41, 5.74) is 4.07. The molecule has 0 saturated carbocycles. The van der Waals surface area contributed by atoms with Crippen molar-refractivity contribution in [3.8, 4) is 0 Å². The van der Waals surface area contributed by atoms with Gasteiger partial charge >= 0.3 is 0 Å². The van der Waals surface area contributed by atoms with E-state index in [0.717, 1.165) is 29.7 Å². The summed E-state index contributed by atoms with van der Waals surface area (Å²) in [7, 11) is 0. The Balaban J connectivity index is 1.46. The van der Waals surface area contributed by atoms with E-state index in [1.165, 1.54) is 12.4 Å². The molecule has 3 aromatic rings. The molecule has 4 rings (SSSR count). The van der Waals surface area contributed by atoms with E-state index in [-0.39, 0.29) is 17.9 Å². The van der Waals surface area contributed by atoms with Crippen LogP contribution in [0.3, 0.4) is 0 Å². The molecule has 0 saturated heterocycles. The lowest BCUT2D eigenvalue weighted by atomic mass is 10.1. The highest BCUT2D eigenvalue weighted by molar-refractivity contribution is 6.08. The second kappa shape index (κ2) is 8.27. The molecule has 5 heteroatoms. The number of hydrogen-bond acceptors (Lipinski definition) is 3. The Morgan fingerprint density at radius 3 is 2.59 bits per heavy atom. The molecule has 1 aromatic heterocycles. The third-order valence-electron chi connectivity index (χ3n) is 5.22. The predicted octanol–water partition coefficient (Wildman–Crippen LogP) is 3.65. The first-order chi connectivity index (χ1) is 14.1. The number of nitrogens with zero attached hydrogens (tertiary/aromatic N) is 2. The maximum atomic E-state index is 13.1. The van der Waals surface area contributed by atoms with Crippen LogP contribution >= 0.6 is 0 Å². The molecule has 0 aliphatic carbocycles. The number of rotatable bonds is 5. The summed E-state index contributed by atoms with van der Waals surface area (Å²) in [6, 6.07) is 19.6. The van der Waals surface area contributed by atoms with E-state index in [0.29, 0.717) is 17.7 Å². The van der Waals surface area contributed by atoms with Gasteiger partial charge in [0, 0.05) is 30.7 Å². The topological polar surface area (TPSA) is 62.3 Å². The summed E-state index contributed by atoms with van der Waals surface area (Å²) in [5, 5.41) is 2.90. The number of amides is 2. The Morgan fingerprint density at radius 2 is 1.76 bits per heavy atom. The summed E-state index contributed by atoms with van der Waals surface area (Å²) in [4.78, 5) is 31.6. The average Bonchev–Trinajstić information content (AvgIpc) is 3.09. The van der Waals surface area contributed by atoms with Crippen molar-refractivity contribution in [2.75, 3.05) is 11.4 Å². The number of hydrogen-bond donors (Lipinski definition) is 1. The van der Waals surface area contributed by atoms with Gasteiger partial charge in [0.15, 0.2) is 0 Å². The van der Waals surface area contributed by atoms with Gasteiger partial charge in [-0.15, -0.1) is 0 Å². The summed E-state index contributed by atoms with van der Waals surface area (Å²) in [6.45, 7) is 2.56. The van der Waals surface area contributed by atoms with E-state index in [9.17, 15) is 9.59 Å². The fourth-order valence-electron chi connectivity index (χ4n) is 3.76. The van der Waals surface area contributed by atoms with Crippen LogP contribution in [0.25, 0.3) is 0 Å². The fraction of sp³-hybridized carbons (Fsp3) is 0.208. The van der Waals surface area contributed by atoms with Gasteiger partial charge in [0.2, 0.25) is 0 Å². The molecule has 0 radical (unpaired) electrons. The molecule has 0 spiro atoms. The molecule has 0 bridgehead atoms. The highest BCUT2D eigenvalue weighted by Gasteiger charge is 2.31. The van der Waals surface area contributed by atoms with Crippen molar-refractivity contribution in [1.82, 2.24) is 10.3 Å². The number of para-hydroxylation sites is 1. The molecule has 1 unspecified atom stereocenters. The highest BCUT2D eigenvalue weighted by atomic mass is 16.2. The van der Waals surface area contributed by atoms with Crippen LogP contribution in [0.5, 0.6) is 0 Å². The summed E-state index contributed by atoms with van der Waals surface area (Å²) in [5.74, 6) is -0.355. The molecule has 146 valence electrons. The molecule has 2 heterocycles. The zero-order chi connectivity index (χ0) is 20.2. The minimum Gasteiger partial charge on any atom is -0.352 e. The quantitative estimate of drug-likeness (QED) is 0.729. The summed E-state index contributed by atoms with van der Waals surface area (Å²) < 4.78 is 0. The Bertz CT molecular complexity index is 1030. The van der Waals surface area contributed by atoms with Crippen LogP contribution in [0.2, 0.25) is 0 Å². The Hall–Kier alpha value is -3.47. The number of nitrogens with one attached hydrogen (secondary N) is 1. The van der Waals surface area contributed by atoms with Crippen molar-refractivity contribution in [1.29, 1.82) is 0 Å². The monoisotopic (exact) mass is 385 g/mol. The molecule has 1 aliphatic rings. The molecular weight excluding hydrogens is 362 g/mol. The molecule has 1 N–H and O–H groups in total. The van der Waals surface area contributed by atoms with Crippen LogP contribution in [0, 0.1) is 0 Å². The number of carbonyl (C=O) groups is 2. The second-order valence-electron chi connectivity index (χ2n) is 7.31. The average molecular weight is 385 g/mol. The number of aromatic nitrogens is 1. The number of carbonyl (C=O) groups excluding carboxylic acids is 2. The van der Waals surface area contributed by atoms with Gasteiger partial charge in [0.25, 0.3) is 11.8 Å². The van der Waals surface area contributed by atoms with Crippen molar-refractivity contribution in [3.63, 3.8) is 0 Å². The van der Waals surface area contributed by atoms with Crippen LogP contribution in [0.15, 0.2) is 73.1 Å². The normalized spacial score (nSPS) is 15.1. The molecule has 0 fully saturated rings. The molecule has 29 heavy (non-hydrogen) atoms. The van der Waals surface area contributed by atoms with Crippen LogP contribution in [-0.2, 0) is 12.8 Å². The summed E-state index contributed by atoms with van der Waals surface area (Å²) in [6.07, 6.45) is 4.60. The van der Waals surface area contributed by atoms with Crippen molar-refractivity contribution in [2.24, 2.45) is 0 Å². The van der Waals surface area contributed by atoms with E-state index < -0.39 is 0 Å². The third kappa shape index (κ3) is 4.04. The Morgan fingerprint density at radius 1 is 1.03 bits per heavy atom. The molecule has 1 atom stereocenters. The van der Waals surface area contributed by atoms with E-state index in [1.54, 1.807) is 11.0 Å². The van der Waals surface area contributed by atoms with E-state index >= 15 is 0 Å². The largest absolute Gasteiger partial charge is 0.352 e. The van der Waals surface area contributed by atoms with Crippen molar-refractivity contribution in [3.05, 3.63) is 95.3 Å². The van der Waals surface area contributed by atoms with E-state index in [2.05, 4.69) is 10.3 Å². The third-order valence-corrected chi connectivity index (χ3v) is 5.22. The number of fused-ring (bicyclic) bond motifs is 1. The van der Waals surface area contributed by atoms with Gasteiger partial charge in [-0.2, -0.15) is 0 Å². The Labute approximate surface area is 170 Å². The standard InChI is InChI=1S/C24H23N3O2/c1-17-13-19-9-5-6-10-22(19)27(17)24(29)21-14-20(15-25-16-21)23(28)26-12-11-18-7-3-2-4-8-18/h2-10,14-17H,11-13H2,1H3,(H,26,28). The zero-order valence-corrected chi connectivity index (χ0v) is 16.3. The van der Waals surface area contributed by atoms with Crippen molar-refractivity contribution in [2.45, 2.75) is 25.8 Å². The zero-order valence-electron chi connectivity index (χ0n) is 16.3. The van der Waals surface area contributed by atoms with Crippen molar-refractivity contribution < 1.29 is 9.59 Å². The number of anilines is 1. The lowest BCUT2D eigenvalue weighted by Gasteiger charge is -2.22. The van der Waals surface area contributed by atoms with Gasteiger partial charge in [-0.3, -0.25) is 14.6 Å². The number of benzene rings is 2. The van der Waals surface area contributed by atoms with Gasteiger partial charge in [0.05, 0.1) is 11.1 Å². The van der Waals surface area contributed by atoms with Gasteiger partial charge in [-0.25, -0.2) is 0 Å². The van der Waals surface area contributed by atoms with Crippen LogP contribution < -0.4 is 10.2 Å². The van der Waals surface area contributed by atoms with Crippen LogP contribution in [0.1, 0.15) is 38.8 Å². The predicted molar refractivity (Wildman–Crippen MR) is 113 cm³/mol. The molecule has 1 aliphatic heterocycles. The fourth-order valence-corrected chi connectivity index (χ4v) is 3.76. The maximum absolute atomic E-state index is 13.1. The van der Waals surface area contributed by atoms with Crippen molar-refractivity contribution >= 4 is 17.5 Å². The van der Waals surface area contributed by atoms with Crippen LogP contribution in [-0.4, -0.2) is 29.4 Å². The lowest BCUT2D eigenvalue weighted by Crippen LogP contribution is -2.36. The molecule has 2 aromatic carbocycles. The van der Waals surface area contributed by atoms with Crippen LogP contribution in [0.4, 0.5) is 5.69 Å². The van der Waals surface area contributed by atoms with Gasteiger partial charge in [0.1, 0.15) is 0 Å². The van der Waals surface area contributed by atoms with Gasteiger partial charge in [-0.1, -0.05) is 48.5 Å². The SMILES string of the molecule is CC1Cc2ccccc2N1C(=O)c1cncc(C(=O)NCCc2ccccc2)c1. The first kappa shape index (κ1) is 18.9. The number of pyridine rings is 1. The smallest absolute Gasteiger partial charge is 0.260 e. The summed E-state index contributed by atoms with van der Waals surface area (Å²) >= 11 is 0. The van der Waals surface area contributed by atoms with Gasteiger partial charge in [-0.05, 0) is 43.0 Å². The maximum Gasteiger partial charge on any atom is 0.260 e. The minimum absolute atomic E-state index is 0.0725.